The van der Waals surface area contributed by atoms with Crippen LogP contribution in [0.15, 0.2) is 12.7 Å². The topological polar surface area (TPSA) is 97.3 Å². The van der Waals surface area contributed by atoms with Crippen molar-refractivity contribution in [1.82, 2.24) is 19.5 Å². The fourth-order valence-corrected chi connectivity index (χ4v) is 3.64. The van der Waals surface area contributed by atoms with Crippen LogP contribution in [-0.4, -0.2) is 51.0 Å². The van der Waals surface area contributed by atoms with Crippen molar-refractivity contribution in [2.45, 2.75) is 43.8 Å². The van der Waals surface area contributed by atoms with Gasteiger partial charge < -0.3 is 19.9 Å². The Bertz CT molecular complexity index is 705. The number of ether oxygens (including phenoxy) is 3. The standard InChI is InChI=1S/C14H19N5O3/c1-3-14-4-5-21-9(10(14)20-2)13(22-14)19-7-18-8-11(15)16-6-17-12(8)19/h6-7,9-10,13H,3-5H2,1-2H3,(H2,15,16,17)/t9-,10?,13+,14+/m0/s1. The first-order chi connectivity index (χ1) is 10.7. The summed E-state index contributed by atoms with van der Waals surface area (Å²) in [5.74, 6) is 0.360. The van der Waals surface area contributed by atoms with Gasteiger partial charge in [0.05, 0.1) is 12.9 Å². The van der Waals surface area contributed by atoms with Gasteiger partial charge in [-0.1, -0.05) is 6.92 Å². The SMILES string of the molecule is CC[C@@]12CCO[C@@H](C1OC)[C@H](n1cnc3c(N)ncnc31)O2. The largest absolute Gasteiger partial charge is 0.382 e. The molecule has 0 amide bonds. The van der Waals surface area contributed by atoms with Crippen molar-refractivity contribution in [1.29, 1.82) is 0 Å². The van der Waals surface area contributed by atoms with Crippen LogP contribution in [0, 0.1) is 0 Å². The maximum Gasteiger partial charge on any atom is 0.167 e. The summed E-state index contributed by atoms with van der Waals surface area (Å²) in [7, 11) is 1.70. The second-order valence-electron chi connectivity index (χ2n) is 5.75. The van der Waals surface area contributed by atoms with Crippen LogP contribution in [-0.2, 0) is 14.2 Å². The van der Waals surface area contributed by atoms with Gasteiger partial charge in [0.25, 0.3) is 0 Å². The lowest BCUT2D eigenvalue weighted by molar-refractivity contribution is -0.136. The van der Waals surface area contributed by atoms with Gasteiger partial charge in [-0.15, -0.1) is 0 Å². The van der Waals surface area contributed by atoms with Gasteiger partial charge in [0, 0.05) is 13.5 Å². The van der Waals surface area contributed by atoms with E-state index in [0.29, 0.717) is 23.6 Å². The van der Waals surface area contributed by atoms with Crippen LogP contribution in [0.4, 0.5) is 5.82 Å². The summed E-state index contributed by atoms with van der Waals surface area (Å²) in [5, 5.41) is 0. The van der Waals surface area contributed by atoms with Crippen molar-refractivity contribution in [3.8, 4) is 0 Å². The highest BCUT2D eigenvalue weighted by Gasteiger charge is 2.58. The molecule has 4 atom stereocenters. The van der Waals surface area contributed by atoms with Crippen molar-refractivity contribution >= 4 is 17.0 Å². The number of aromatic nitrogens is 4. The lowest BCUT2D eigenvalue weighted by Gasteiger charge is -2.36. The molecule has 2 fully saturated rings. The number of hydrogen-bond donors (Lipinski definition) is 1. The molecule has 2 bridgehead atoms. The second kappa shape index (κ2) is 4.87. The lowest BCUT2D eigenvalue weighted by atomic mass is 9.87. The number of nitrogens with zero attached hydrogens (tertiary/aromatic N) is 4. The molecule has 2 N–H and O–H groups in total. The third-order valence-electron chi connectivity index (χ3n) is 4.80. The van der Waals surface area contributed by atoms with Gasteiger partial charge in [0.1, 0.15) is 29.7 Å². The molecule has 2 aromatic heterocycles. The normalized spacial score (nSPS) is 34.4. The van der Waals surface area contributed by atoms with Gasteiger partial charge in [0.15, 0.2) is 17.7 Å². The summed E-state index contributed by atoms with van der Waals surface area (Å²) in [4.78, 5) is 12.6. The summed E-state index contributed by atoms with van der Waals surface area (Å²) >= 11 is 0. The minimum Gasteiger partial charge on any atom is -0.382 e. The molecular weight excluding hydrogens is 286 g/mol. The monoisotopic (exact) mass is 305 g/mol. The molecule has 8 heteroatoms. The zero-order valence-corrected chi connectivity index (χ0v) is 12.6. The van der Waals surface area contributed by atoms with Crippen LogP contribution in [0.5, 0.6) is 0 Å². The van der Waals surface area contributed by atoms with E-state index >= 15 is 0 Å². The quantitative estimate of drug-likeness (QED) is 0.899. The van der Waals surface area contributed by atoms with Crippen LogP contribution >= 0.6 is 0 Å². The Labute approximate surface area is 127 Å². The Morgan fingerprint density at radius 1 is 1.45 bits per heavy atom. The zero-order valence-electron chi connectivity index (χ0n) is 12.6. The van der Waals surface area contributed by atoms with E-state index in [4.69, 9.17) is 19.9 Å². The molecule has 4 rings (SSSR count). The molecule has 0 aromatic carbocycles. The van der Waals surface area contributed by atoms with E-state index in [1.807, 2.05) is 4.57 Å². The molecule has 2 aliphatic rings. The Morgan fingerprint density at radius 3 is 3.05 bits per heavy atom. The Hall–Kier alpha value is -1.77. The first kappa shape index (κ1) is 13.9. The summed E-state index contributed by atoms with van der Waals surface area (Å²) in [5.41, 5.74) is 6.76. The van der Waals surface area contributed by atoms with Gasteiger partial charge in [-0.2, -0.15) is 0 Å². The third-order valence-corrected chi connectivity index (χ3v) is 4.80. The number of methoxy groups -OCH3 is 1. The van der Waals surface area contributed by atoms with E-state index in [-0.39, 0.29) is 24.0 Å². The van der Waals surface area contributed by atoms with Gasteiger partial charge in [0.2, 0.25) is 0 Å². The smallest absolute Gasteiger partial charge is 0.167 e. The molecule has 22 heavy (non-hydrogen) atoms. The zero-order chi connectivity index (χ0) is 15.3. The summed E-state index contributed by atoms with van der Waals surface area (Å²) in [6, 6.07) is 0. The Balaban J connectivity index is 1.81. The minimum atomic E-state index is -0.327. The van der Waals surface area contributed by atoms with E-state index in [1.165, 1.54) is 6.33 Å². The Morgan fingerprint density at radius 2 is 2.32 bits per heavy atom. The third kappa shape index (κ3) is 1.71. The molecule has 118 valence electrons. The predicted molar refractivity (Wildman–Crippen MR) is 78.0 cm³/mol. The first-order valence-corrected chi connectivity index (χ1v) is 7.45. The van der Waals surface area contributed by atoms with Crippen LogP contribution in [0.3, 0.4) is 0 Å². The van der Waals surface area contributed by atoms with Gasteiger partial charge in [-0.05, 0) is 6.42 Å². The maximum absolute atomic E-state index is 6.39. The average molecular weight is 305 g/mol. The van der Waals surface area contributed by atoms with E-state index < -0.39 is 0 Å². The number of fused-ring (bicyclic) bond motifs is 3. The highest BCUT2D eigenvalue weighted by Crippen LogP contribution is 2.47. The molecule has 2 aliphatic heterocycles. The van der Waals surface area contributed by atoms with Gasteiger partial charge in [-0.3, -0.25) is 4.57 Å². The molecule has 2 saturated heterocycles. The predicted octanol–water partition coefficient (Wildman–Crippen LogP) is 0.890. The molecule has 0 saturated carbocycles. The lowest BCUT2D eigenvalue weighted by Crippen LogP contribution is -2.49. The highest BCUT2D eigenvalue weighted by molar-refractivity contribution is 5.81. The maximum atomic E-state index is 6.39. The molecule has 1 unspecified atom stereocenters. The van der Waals surface area contributed by atoms with Crippen molar-refractivity contribution in [2.75, 3.05) is 19.5 Å². The molecule has 4 heterocycles. The molecule has 0 spiro atoms. The van der Waals surface area contributed by atoms with Crippen molar-refractivity contribution in [3.63, 3.8) is 0 Å². The summed E-state index contributed by atoms with van der Waals surface area (Å²) in [6.45, 7) is 2.78. The van der Waals surface area contributed by atoms with Crippen LogP contribution in [0.2, 0.25) is 0 Å². The van der Waals surface area contributed by atoms with Crippen LogP contribution < -0.4 is 5.73 Å². The van der Waals surface area contributed by atoms with E-state index in [9.17, 15) is 0 Å². The highest BCUT2D eigenvalue weighted by atomic mass is 16.6. The fourth-order valence-electron chi connectivity index (χ4n) is 3.64. The van der Waals surface area contributed by atoms with Crippen molar-refractivity contribution in [2.24, 2.45) is 0 Å². The Kier molecular flexibility index (Phi) is 3.07. The van der Waals surface area contributed by atoms with E-state index in [0.717, 1.165) is 12.8 Å². The van der Waals surface area contributed by atoms with E-state index in [2.05, 4.69) is 21.9 Å². The molecule has 0 aliphatic carbocycles. The number of hydrogen-bond acceptors (Lipinski definition) is 7. The number of anilines is 1. The minimum absolute atomic E-state index is 0.104. The molecule has 0 radical (unpaired) electrons. The van der Waals surface area contributed by atoms with Crippen LogP contribution in [0.25, 0.3) is 11.2 Å². The first-order valence-electron chi connectivity index (χ1n) is 7.45. The number of nitrogens with two attached hydrogens (primary N) is 1. The van der Waals surface area contributed by atoms with E-state index in [1.54, 1.807) is 13.4 Å². The summed E-state index contributed by atoms with van der Waals surface area (Å²) < 4.78 is 19.9. The number of nitrogen functional groups attached to an aromatic ring is 1. The molecule has 8 nitrogen and oxygen atoms in total. The summed E-state index contributed by atoms with van der Waals surface area (Å²) in [6.07, 6.45) is 4.18. The number of imidazole rings is 1. The molecule has 2 aromatic rings. The van der Waals surface area contributed by atoms with Gasteiger partial charge >= 0.3 is 0 Å². The fraction of sp³-hybridized carbons (Fsp3) is 0.643. The average Bonchev–Trinajstić information content (AvgIpc) is 3.03. The number of rotatable bonds is 3. The van der Waals surface area contributed by atoms with Crippen molar-refractivity contribution in [3.05, 3.63) is 12.7 Å². The van der Waals surface area contributed by atoms with Gasteiger partial charge in [-0.25, -0.2) is 15.0 Å². The molecular formula is C14H19N5O3. The van der Waals surface area contributed by atoms with Crippen molar-refractivity contribution < 1.29 is 14.2 Å². The second-order valence-corrected chi connectivity index (χ2v) is 5.75. The van der Waals surface area contributed by atoms with Crippen LogP contribution in [0.1, 0.15) is 26.0 Å².